The van der Waals surface area contributed by atoms with Gasteiger partial charge >= 0.3 is 5.97 Å². The Labute approximate surface area is 112 Å². The molecule has 1 atom stereocenters. The molecule has 0 saturated carbocycles. The lowest BCUT2D eigenvalue weighted by Gasteiger charge is -2.18. The molecule has 1 aromatic heterocycles. The van der Waals surface area contributed by atoms with Crippen molar-refractivity contribution in [2.24, 2.45) is 0 Å². The highest BCUT2D eigenvalue weighted by Crippen LogP contribution is 2.33. The van der Waals surface area contributed by atoms with E-state index >= 15 is 0 Å². The van der Waals surface area contributed by atoms with Crippen molar-refractivity contribution >= 4 is 46.3 Å². The van der Waals surface area contributed by atoms with E-state index in [1.807, 2.05) is 0 Å². The fourth-order valence-corrected chi connectivity index (χ4v) is 2.83. The van der Waals surface area contributed by atoms with Gasteiger partial charge in [-0.1, -0.05) is 24.0 Å². The van der Waals surface area contributed by atoms with E-state index in [1.54, 1.807) is 18.2 Å². The molecule has 1 aliphatic rings. The van der Waals surface area contributed by atoms with Gasteiger partial charge in [0, 0.05) is 6.08 Å². The summed E-state index contributed by atoms with van der Waals surface area (Å²) >= 11 is 6.09. The number of amides is 1. The number of carbonyl (C=O) groups is 2. The third-order valence-electron chi connectivity index (χ3n) is 2.38. The summed E-state index contributed by atoms with van der Waals surface area (Å²) < 4.78 is 5.35. The van der Waals surface area contributed by atoms with Crippen LogP contribution in [-0.4, -0.2) is 32.2 Å². The molecular formula is C11H9NO4S2. The van der Waals surface area contributed by atoms with Gasteiger partial charge in [0.05, 0.1) is 11.2 Å². The highest BCUT2D eigenvalue weighted by atomic mass is 32.2. The molecule has 1 amide bonds. The van der Waals surface area contributed by atoms with E-state index in [1.165, 1.54) is 13.2 Å². The van der Waals surface area contributed by atoms with Crippen LogP contribution in [0.1, 0.15) is 12.7 Å². The average Bonchev–Trinajstić information content (AvgIpc) is 2.88. The maximum absolute atomic E-state index is 12.0. The van der Waals surface area contributed by atoms with Gasteiger partial charge in [0.2, 0.25) is 0 Å². The van der Waals surface area contributed by atoms with Crippen LogP contribution in [0.3, 0.4) is 0 Å². The molecule has 94 valence electrons. The molecule has 0 aliphatic carbocycles. The number of thioether (sulfide) groups is 1. The Morgan fingerprint density at radius 1 is 1.67 bits per heavy atom. The number of hydrogen-bond donors (Lipinski definition) is 1. The number of carboxylic acid groups (broad SMARTS) is 1. The van der Waals surface area contributed by atoms with Crippen LogP contribution in [0.5, 0.6) is 0 Å². The number of furan rings is 1. The highest BCUT2D eigenvalue weighted by molar-refractivity contribution is 8.26. The van der Waals surface area contributed by atoms with Gasteiger partial charge < -0.3 is 9.52 Å². The van der Waals surface area contributed by atoms with Crippen LogP contribution in [0.2, 0.25) is 0 Å². The number of carbonyl (C=O) groups excluding carboxylic acids is 1. The van der Waals surface area contributed by atoms with Crippen molar-refractivity contribution in [1.82, 2.24) is 4.90 Å². The van der Waals surface area contributed by atoms with Crippen LogP contribution in [0, 0.1) is 0 Å². The van der Waals surface area contributed by atoms with Crippen molar-refractivity contribution in [3.05, 3.63) is 29.1 Å². The molecule has 0 spiro atoms. The maximum Gasteiger partial charge on any atom is 0.326 e. The van der Waals surface area contributed by atoms with Gasteiger partial charge in [0.25, 0.3) is 5.91 Å². The second-order valence-corrected chi connectivity index (χ2v) is 5.26. The SMILES string of the molecule is C[C@H](C(=O)O)N1C(=O)/C(=C/c2ccco2)SC1=S. The van der Waals surface area contributed by atoms with Gasteiger partial charge in [0.15, 0.2) is 0 Å². The van der Waals surface area contributed by atoms with Crippen molar-refractivity contribution in [2.45, 2.75) is 13.0 Å². The first-order valence-electron chi connectivity index (χ1n) is 5.04. The number of rotatable bonds is 3. The Hall–Kier alpha value is -1.60. The van der Waals surface area contributed by atoms with Crippen molar-refractivity contribution in [3.8, 4) is 0 Å². The van der Waals surface area contributed by atoms with Crippen LogP contribution in [0.15, 0.2) is 27.7 Å². The lowest BCUT2D eigenvalue weighted by molar-refractivity contribution is -0.144. The molecule has 18 heavy (non-hydrogen) atoms. The van der Waals surface area contributed by atoms with Crippen LogP contribution >= 0.6 is 24.0 Å². The lowest BCUT2D eigenvalue weighted by Crippen LogP contribution is -2.41. The van der Waals surface area contributed by atoms with Crippen molar-refractivity contribution in [3.63, 3.8) is 0 Å². The molecule has 2 heterocycles. The molecule has 7 heteroatoms. The number of carboxylic acids is 1. The third-order valence-corrected chi connectivity index (χ3v) is 3.72. The van der Waals surface area contributed by atoms with Crippen LogP contribution in [0.4, 0.5) is 0 Å². The molecule has 0 aromatic carbocycles. The van der Waals surface area contributed by atoms with Gasteiger partial charge in [-0.2, -0.15) is 0 Å². The Morgan fingerprint density at radius 3 is 2.94 bits per heavy atom. The Kier molecular flexibility index (Phi) is 3.53. The van der Waals surface area contributed by atoms with Gasteiger partial charge in [-0.05, 0) is 19.1 Å². The van der Waals surface area contributed by atoms with E-state index in [0.717, 1.165) is 16.7 Å². The van der Waals surface area contributed by atoms with Crippen molar-refractivity contribution < 1.29 is 19.1 Å². The normalized spacial score (nSPS) is 19.6. The minimum Gasteiger partial charge on any atom is -0.480 e. The van der Waals surface area contributed by atoms with Crippen LogP contribution < -0.4 is 0 Å². The summed E-state index contributed by atoms with van der Waals surface area (Å²) in [6.45, 7) is 1.42. The van der Waals surface area contributed by atoms with Gasteiger partial charge in [-0.3, -0.25) is 9.69 Å². The van der Waals surface area contributed by atoms with E-state index in [-0.39, 0.29) is 4.32 Å². The molecule has 1 aromatic rings. The molecule has 1 fully saturated rings. The Morgan fingerprint density at radius 2 is 2.39 bits per heavy atom. The van der Waals surface area contributed by atoms with Crippen LogP contribution in [-0.2, 0) is 9.59 Å². The van der Waals surface area contributed by atoms with Crippen molar-refractivity contribution in [1.29, 1.82) is 0 Å². The van der Waals surface area contributed by atoms with Gasteiger partial charge in [-0.25, -0.2) is 4.79 Å². The van der Waals surface area contributed by atoms with E-state index in [2.05, 4.69) is 0 Å². The monoisotopic (exact) mass is 283 g/mol. The molecule has 0 bridgehead atoms. The lowest BCUT2D eigenvalue weighted by atomic mass is 10.3. The third kappa shape index (κ3) is 2.32. The largest absolute Gasteiger partial charge is 0.480 e. The summed E-state index contributed by atoms with van der Waals surface area (Å²) in [5.74, 6) is -0.972. The summed E-state index contributed by atoms with van der Waals surface area (Å²) in [6.07, 6.45) is 3.04. The second kappa shape index (κ2) is 4.95. The van der Waals surface area contributed by atoms with Gasteiger partial charge in [-0.15, -0.1) is 0 Å². The summed E-state index contributed by atoms with van der Waals surface area (Å²) in [4.78, 5) is 24.4. The fourth-order valence-electron chi connectivity index (χ4n) is 1.43. The number of nitrogens with zero attached hydrogens (tertiary/aromatic N) is 1. The van der Waals surface area contributed by atoms with E-state index in [4.69, 9.17) is 21.7 Å². The average molecular weight is 283 g/mol. The zero-order valence-corrected chi connectivity index (χ0v) is 11.0. The molecule has 2 rings (SSSR count). The molecule has 1 N–H and O–H groups in total. The minimum atomic E-state index is -1.09. The Bertz CT molecular complexity index is 535. The highest BCUT2D eigenvalue weighted by Gasteiger charge is 2.38. The second-order valence-electron chi connectivity index (χ2n) is 3.58. The summed E-state index contributed by atoms with van der Waals surface area (Å²) in [7, 11) is 0. The zero-order chi connectivity index (χ0) is 13.3. The number of thiocarbonyl (C=S) groups is 1. The van der Waals surface area contributed by atoms with Gasteiger partial charge in [0.1, 0.15) is 16.1 Å². The molecule has 5 nitrogen and oxygen atoms in total. The summed E-state index contributed by atoms with van der Waals surface area (Å²) in [6, 6.07) is 2.43. The minimum absolute atomic E-state index is 0.243. The zero-order valence-electron chi connectivity index (χ0n) is 9.32. The summed E-state index contributed by atoms with van der Waals surface area (Å²) in [5, 5.41) is 8.92. The molecule has 1 aliphatic heterocycles. The first kappa shape index (κ1) is 12.8. The topological polar surface area (TPSA) is 70.8 Å². The first-order chi connectivity index (χ1) is 8.50. The summed E-state index contributed by atoms with van der Waals surface area (Å²) in [5.41, 5.74) is 0. The standard InChI is InChI=1S/C11H9NO4S2/c1-6(10(14)15)12-9(13)8(18-11(12)17)5-7-3-2-4-16-7/h2-6H,1H3,(H,14,15)/b8-5-/t6-/m1/s1. The predicted molar refractivity (Wildman–Crippen MR) is 70.8 cm³/mol. The van der Waals surface area contributed by atoms with Crippen molar-refractivity contribution in [2.75, 3.05) is 0 Å². The molecular weight excluding hydrogens is 274 g/mol. The number of hydrogen-bond acceptors (Lipinski definition) is 5. The van der Waals surface area contributed by atoms with E-state index in [0.29, 0.717) is 10.7 Å². The quantitative estimate of drug-likeness (QED) is 0.675. The maximum atomic E-state index is 12.0. The fraction of sp³-hybridized carbons (Fsp3) is 0.182. The predicted octanol–water partition coefficient (Wildman–Crippen LogP) is 1.95. The molecule has 0 radical (unpaired) electrons. The molecule has 1 saturated heterocycles. The first-order valence-corrected chi connectivity index (χ1v) is 6.26. The number of aliphatic carboxylic acids is 1. The van der Waals surface area contributed by atoms with E-state index in [9.17, 15) is 9.59 Å². The van der Waals surface area contributed by atoms with Crippen LogP contribution in [0.25, 0.3) is 6.08 Å². The van der Waals surface area contributed by atoms with E-state index < -0.39 is 17.9 Å². The Balaban J connectivity index is 2.27. The molecule has 0 unspecified atom stereocenters. The smallest absolute Gasteiger partial charge is 0.326 e.